The minimum absolute atomic E-state index is 0.0872. The van der Waals surface area contributed by atoms with Gasteiger partial charge in [-0.1, -0.05) is 48.5 Å². The predicted octanol–water partition coefficient (Wildman–Crippen LogP) is 3.40. The van der Waals surface area contributed by atoms with Gasteiger partial charge in [-0.05, 0) is 34.5 Å². The van der Waals surface area contributed by atoms with E-state index < -0.39 is 23.7 Å². The minimum Gasteiger partial charge on any atom is -0.480 e. The van der Waals surface area contributed by atoms with Crippen molar-refractivity contribution in [3.8, 4) is 0 Å². The summed E-state index contributed by atoms with van der Waals surface area (Å²) in [5.41, 5.74) is 0.911. The fraction of sp³-hybridized carbons (Fsp3) is 0.100. The Bertz CT molecular complexity index is 934. The first-order valence-corrected chi connectivity index (χ1v) is 7.80. The third kappa shape index (κ3) is 3.83. The van der Waals surface area contributed by atoms with Crippen LogP contribution in [0.1, 0.15) is 15.9 Å². The molecule has 0 aliphatic rings. The van der Waals surface area contributed by atoms with Gasteiger partial charge in [0.2, 0.25) is 0 Å². The van der Waals surface area contributed by atoms with E-state index in [1.165, 1.54) is 18.2 Å². The minimum atomic E-state index is -1.14. The van der Waals surface area contributed by atoms with Gasteiger partial charge in [0.25, 0.3) is 5.91 Å². The van der Waals surface area contributed by atoms with Gasteiger partial charge in [0.05, 0.1) is 0 Å². The van der Waals surface area contributed by atoms with E-state index in [9.17, 15) is 19.1 Å². The summed E-state index contributed by atoms with van der Waals surface area (Å²) in [6, 6.07) is 17.3. The predicted molar refractivity (Wildman–Crippen MR) is 92.9 cm³/mol. The highest BCUT2D eigenvalue weighted by molar-refractivity contribution is 5.97. The number of aliphatic carboxylic acids is 1. The zero-order valence-corrected chi connectivity index (χ0v) is 13.3. The number of fused-ring (bicyclic) bond motifs is 1. The molecule has 3 aromatic carbocycles. The molecule has 1 amide bonds. The van der Waals surface area contributed by atoms with Gasteiger partial charge in [0, 0.05) is 12.0 Å². The molecule has 3 rings (SSSR count). The molecule has 0 heterocycles. The molecule has 0 radical (unpaired) electrons. The van der Waals surface area contributed by atoms with E-state index in [0.717, 1.165) is 22.4 Å². The molecule has 0 aromatic heterocycles. The first kappa shape index (κ1) is 16.6. The highest BCUT2D eigenvalue weighted by atomic mass is 19.1. The molecular weight excluding hydrogens is 321 g/mol. The smallest absolute Gasteiger partial charge is 0.326 e. The van der Waals surface area contributed by atoms with Crippen LogP contribution in [0.25, 0.3) is 10.8 Å². The largest absolute Gasteiger partial charge is 0.480 e. The molecule has 3 aromatic rings. The van der Waals surface area contributed by atoms with E-state index in [1.54, 1.807) is 0 Å². The molecule has 0 fully saturated rings. The van der Waals surface area contributed by atoms with Crippen molar-refractivity contribution < 1.29 is 19.1 Å². The van der Waals surface area contributed by atoms with E-state index in [2.05, 4.69) is 5.32 Å². The van der Waals surface area contributed by atoms with Crippen LogP contribution in [-0.2, 0) is 11.2 Å². The zero-order chi connectivity index (χ0) is 17.8. The molecule has 1 atom stereocenters. The Morgan fingerprint density at radius 3 is 2.48 bits per heavy atom. The Balaban J connectivity index is 1.84. The average molecular weight is 337 g/mol. The highest BCUT2D eigenvalue weighted by Gasteiger charge is 2.22. The van der Waals surface area contributed by atoms with Crippen LogP contribution in [0, 0.1) is 5.82 Å². The topological polar surface area (TPSA) is 66.4 Å². The molecule has 0 saturated heterocycles. The van der Waals surface area contributed by atoms with Crippen molar-refractivity contribution >= 4 is 22.6 Å². The third-order valence-electron chi connectivity index (χ3n) is 3.99. The van der Waals surface area contributed by atoms with Gasteiger partial charge in [-0.15, -0.1) is 0 Å². The average Bonchev–Trinajstić information content (AvgIpc) is 2.61. The number of carboxylic acid groups (broad SMARTS) is 1. The van der Waals surface area contributed by atoms with Gasteiger partial charge in [0.1, 0.15) is 11.9 Å². The van der Waals surface area contributed by atoms with Crippen molar-refractivity contribution in [2.24, 2.45) is 0 Å². The number of carbonyl (C=O) groups excluding carboxylic acids is 1. The third-order valence-corrected chi connectivity index (χ3v) is 3.99. The monoisotopic (exact) mass is 337 g/mol. The van der Waals surface area contributed by atoms with Crippen molar-refractivity contribution in [1.29, 1.82) is 0 Å². The Labute approximate surface area is 143 Å². The summed E-state index contributed by atoms with van der Waals surface area (Å²) in [7, 11) is 0. The van der Waals surface area contributed by atoms with Crippen molar-refractivity contribution in [2.75, 3.05) is 0 Å². The van der Waals surface area contributed by atoms with Crippen molar-refractivity contribution in [3.63, 3.8) is 0 Å². The number of carboxylic acids is 1. The van der Waals surface area contributed by atoms with E-state index >= 15 is 0 Å². The highest BCUT2D eigenvalue weighted by Crippen LogP contribution is 2.20. The molecule has 0 aliphatic heterocycles. The summed E-state index contributed by atoms with van der Waals surface area (Å²) in [5, 5.41) is 13.9. The van der Waals surface area contributed by atoms with Crippen LogP contribution in [0.4, 0.5) is 4.39 Å². The quantitative estimate of drug-likeness (QED) is 0.750. The Morgan fingerprint density at radius 1 is 1.00 bits per heavy atom. The van der Waals surface area contributed by atoms with Gasteiger partial charge >= 0.3 is 5.97 Å². The van der Waals surface area contributed by atoms with E-state index in [4.69, 9.17) is 0 Å². The molecule has 126 valence electrons. The maximum atomic E-state index is 13.2. The van der Waals surface area contributed by atoms with Gasteiger partial charge < -0.3 is 10.4 Å². The van der Waals surface area contributed by atoms with Gasteiger partial charge in [-0.2, -0.15) is 0 Å². The molecular formula is C20H16FNO3. The van der Waals surface area contributed by atoms with Crippen LogP contribution in [-0.4, -0.2) is 23.0 Å². The molecule has 2 N–H and O–H groups in total. The number of rotatable bonds is 5. The number of benzene rings is 3. The van der Waals surface area contributed by atoms with Crippen molar-refractivity contribution in [2.45, 2.75) is 12.5 Å². The summed E-state index contributed by atoms with van der Waals surface area (Å²) >= 11 is 0. The maximum Gasteiger partial charge on any atom is 0.326 e. The van der Waals surface area contributed by atoms with Crippen LogP contribution >= 0.6 is 0 Å². The summed E-state index contributed by atoms with van der Waals surface area (Å²) in [5.74, 6) is -2.31. The molecule has 0 unspecified atom stereocenters. The second-order valence-corrected chi connectivity index (χ2v) is 5.72. The molecule has 25 heavy (non-hydrogen) atoms. The number of carbonyl (C=O) groups is 2. The normalized spacial score (nSPS) is 11.9. The summed E-state index contributed by atoms with van der Waals surface area (Å²) in [4.78, 5) is 23.8. The fourth-order valence-corrected chi connectivity index (χ4v) is 2.76. The number of nitrogens with one attached hydrogen (secondary N) is 1. The fourth-order valence-electron chi connectivity index (χ4n) is 2.76. The van der Waals surface area contributed by atoms with Crippen molar-refractivity contribution in [3.05, 3.63) is 83.7 Å². The van der Waals surface area contributed by atoms with Crippen LogP contribution < -0.4 is 5.32 Å². The van der Waals surface area contributed by atoms with Crippen LogP contribution in [0.2, 0.25) is 0 Å². The lowest BCUT2D eigenvalue weighted by molar-refractivity contribution is -0.139. The van der Waals surface area contributed by atoms with Crippen LogP contribution in [0.15, 0.2) is 66.7 Å². The SMILES string of the molecule is O=C(N[C@@H](Cc1cccc2ccccc12)C(=O)O)c1cccc(F)c1. The lowest BCUT2D eigenvalue weighted by Gasteiger charge is -2.16. The Morgan fingerprint density at radius 2 is 1.72 bits per heavy atom. The molecule has 0 spiro atoms. The van der Waals surface area contributed by atoms with Gasteiger partial charge in [-0.25, -0.2) is 9.18 Å². The first-order valence-electron chi connectivity index (χ1n) is 7.80. The van der Waals surface area contributed by atoms with E-state index in [0.29, 0.717) is 0 Å². The van der Waals surface area contributed by atoms with Crippen LogP contribution in [0.5, 0.6) is 0 Å². The molecule has 0 bridgehead atoms. The summed E-state index contributed by atoms with van der Waals surface area (Å²) in [6.07, 6.45) is 0.137. The maximum absolute atomic E-state index is 13.2. The summed E-state index contributed by atoms with van der Waals surface area (Å²) < 4.78 is 13.2. The number of halogens is 1. The first-order chi connectivity index (χ1) is 12.0. The van der Waals surface area contributed by atoms with E-state index in [-0.39, 0.29) is 12.0 Å². The standard InChI is InChI=1S/C20H16FNO3/c21-16-9-4-8-15(11-16)19(23)22-18(20(24)25)12-14-7-3-6-13-5-1-2-10-17(13)14/h1-11,18H,12H2,(H,22,23)(H,24,25)/t18-/m0/s1. The molecule has 5 heteroatoms. The second kappa shape index (κ2) is 7.13. The lowest BCUT2D eigenvalue weighted by Crippen LogP contribution is -2.42. The van der Waals surface area contributed by atoms with Crippen molar-refractivity contribution in [1.82, 2.24) is 5.32 Å². The molecule has 4 nitrogen and oxygen atoms in total. The molecule has 0 aliphatic carbocycles. The zero-order valence-electron chi connectivity index (χ0n) is 13.3. The summed E-state index contributed by atoms with van der Waals surface area (Å²) in [6.45, 7) is 0. The van der Waals surface area contributed by atoms with Crippen LogP contribution in [0.3, 0.4) is 0 Å². The number of amides is 1. The Kier molecular flexibility index (Phi) is 4.75. The number of hydrogen-bond donors (Lipinski definition) is 2. The van der Waals surface area contributed by atoms with Gasteiger partial charge in [-0.3, -0.25) is 4.79 Å². The van der Waals surface area contributed by atoms with Gasteiger partial charge in [0.15, 0.2) is 0 Å². The Hall–Kier alpha value is -3.21. The van der Waals surface area contributed by atoms with E-state index in [1.807, 2.05) is 42.5 Å². The molecule has 0 saturated carbocycles. The second-order valence-electron chi connectivity index (χ2n) is 5.72. The lowest BCUT2D eigenvalue weighted by atomic mass is 9.98. The number of hydrogen-bond acceptors (Lipinski definition) is 2.